The Hall–Kier alpha value is -3.28. The SMILES string of the molecule is O=C(Nc1ccc2c(Cl)c(OCCc3ccccc3)oc(=O)c2c1)C(F)(F)C(F)(F)C(F)(F)F. The Morgan fingerprint density at radius 3 is 2.24 bits per heavy atom. The van der Waals surface area contributed by atoms with E-state index in [9.17, 15) is 40.3 Å². The summed E-state index contributed by atoms with van der Waals surface area (Å²) in [7, 11) is 0. The van der Waals surface area contributed by atoms with Crippen LogP contribution in [0.3, 0.4) is 0 Å². The lowest BCUT2D eigenvalue weighted by atomic mass is 10.1. The molecule has 1 heterocycles. The summed E-state index contributed by atoms with van der Waals surface area (Å²) in [4.78, 5) is 23.8. The molecule has 13 heteroatoms. The lowest BCUT2D eigenvalue weighted by Crippen LogP contribution is -2.57. The number of carbonyl (C=O) groups excluding carboxylic acids is 1. The molecular formula is C21H13ClF7NO4. The summed E-state index contributed by atoms with van der Waals surface area (Å²) >= 11 is 6.15. The molecule has 5 nitrogen and oxygen atoms in total. The number of hydrogen-bond acceptors (Lipinski definition) is 4. The highest BCUT2D eigenvalue weighted by atomic mass is 35.5. The Morgan fingerprint density at radius 1 is 0.971 bits per heavy atom. The van der Waals surface area contributed by atoms with Crippen LogP contribution in [-0.4, -0.2) is 30.5 Å². The van der Waals surface area contributed by atoms with Gasteiger partial charge in [0, 0.05) is 17.5 Å². The van der Waals surface area contributed by atoms with Crippen molar-refractivity contribution in [1.29, 1.82) is 0 Å². The van der Waals surface area contributed by atoms with Crippen molar-refractivity contribution in [2.24, 2.45) is 0 Å². The molecule has 0 fully saturated rings. The van der Waals surface area contributed by atoms with E-state index < -0.39 is 35.2 Å². The normalized spacial score (nSPS) is 12.6. The minimum atomic E-state index is -6.68. The Labute approximate surface area is 191 Å². The number of rotatable bonds is 7. The summed E-state index contributed by atoms with van der Waals surface area (Å²) < 4.78 is 100. The number of anilines is 1. The molecule has 2 aromatic carbocycles. The molecule has 0 bridgehead atoms. The van der Waals surface area contributed by atoms with Gasteiger partial charge in [-0.25, -0.2) is 4.79 Å². The van der Waals surface area contributed by atoms with Crippen LogP contribution in [0.1, 0.15) is 5.56 Å². The van der Waals surface area contributed by atoms with Gasteiger partial charge in [-0.3, -0.25) is 4.79 Å². The summed E-state index contributed by atoms with van der Waals surface area (Å²) in [6.45, 7) is 0.0782. The summed E-state index contributed by atoms with van der Waals surface area (Å²) in [6, 6.07) is 11.8. The van der Waals surface area contributed by atoms with Crippen molar-refractivity contribution < 1.29 is 44.7 Å². The van der Waals surface area contributed by atoms with Crippen molar-refractivity contribution in [3.63, 3.8) is 0 Å². The molecule has 0 spiro atoms. The predicted octanol–water partition coefficient (Wildman–Crippen LogP) is 5.84. The van der Waals surface area contributed by atoms with Crippen molar-refractivity contribution in [3.05, 3.63) is 69.5 Å². The second kappa shape index (κ2) is 9.16. The van der Waals surface area contributed by atoms with E-state index in [0.29, 0.717) is 6.42 Å². The Bertz CT molecular complexity index is 1260. The van der Waals surface area contributed by atoms with Crippen LogP contribution in [0, 0.1) is 0 Å². The number of fused-ring (bicyclic) bond motifs is 1. The third-order valence-electron chi connectivity index (χ3n) is 4.60. The average molecular weight is 512 g/mol. The fourth-order valence-electron chi connectivity index (χ4n) is 2.81. The van der Waals surface area contributed by atoms with Gasteiger partial charge in [0.2, 0.25) is 0 Å². The fraction of sp³-hybridized carbons (Fsp3) is 0.238. The maximum atomic E-state index is 13.5. The monoisotopic (exact) mass is 511 g/mol. The number of ether oxygens (including phenoxy) is 1. The Morgan fingerprint density at radius 2 is 1.62 bits per heavy atom. The van der Waals surface area contributed by atoms with Gasteiger partial charge < -0.3 is 14.5 Å². The molecule has 0 aliphatic carbocycles. The molecule has 1 aromatic heterocycles. The first-order valence-electron chi connectivity index (χ1n) is 9.32. The minimum Gasteiger partial charge on any atom is -0.464 e. The first-order chi connectivity index (χ1) is 15.8. The second-order valence-electron chi connectivity index (χ2n) is 6.94. The van der Waals surface area contributed by atoms with Gasteiger partial charge in [0.1, 0.15) is 5.02 Å². The molecule has 1 amide bonds. The number of amides is 1. The first-order valence-corrected chi connectivity index (χ1v) is 9.70. The van der Waals surface area contributed by atoms with E-state index in [2.05, 4.69) is 0 Å². The smallest absolute Gasteiger partial charge is 0.460 e. The van der Waals surface area contributed by atoms with Crippen LogP contribution < -0.4 is 15.7 Å². The van der Waals surface area contributed by atoms with Crippen molar-refractivity contribution in [1.82, 2.24) is 0 Å². The molecule has 0 radical (unpaired) electrons. The largest absolute Gasteiger partial charge is 0.464 e. The molecule has 182 valence electrons. The molecule has 3 aromatic rings. The van der Waals surface area contributed by atoms with Crippen LogP contribution in [0.25, 0.3) is 10.8 Å². The molecule has 0 aliphatic heterocycles. The zero-order chi connectivity index (χ0) is 25.3. The standard InChI is InChI=1S/C21H13ClF7NO4/c22-15-13-7-6-12(30-18(32)19(23,24)20(25,26)21(27,28)29)10-14(13)16(31)34-17(15)33-9-8-11-4-2-1-3-5-11/h1-7,10H,8-9H2,(H,30,32). The number of carbonyl (C=O) groups is 1. The van der Waals surface area contributed by atoms with Crippen LogP contribution in [0.2, 0.25) is 5.02 Å². The molecule has 1 N–H and O–H groups in total. The van der Waals surface area contributed by atoms with E-state index in [4.69, 9.17) is 20.8 Å². The van der Waals surface area contributed by atoms with Gasteiger partial charge in [-0.05, 0) is 17.7 Å². The Balaban J connectivity index is 1.82. The van der Waals surface area contributed by atoms with E-state index in [-0.39, 0.29) is 28.3 Å². The minimum absolute atomic E-state index is 0.00184. The molecule has 3 rings (SSSR count). The van der Waals surface area contributed by atoms with Gasteiger partial charge in [-0.1, -0.05) is 48.0 Å². The van der Waals surface area contributed by atoms with Crippen molar-refractivity contribution in [2.75, 3.05) is 11.9 Å². The maximum Gasteiger partial charge on any atom is 0.460 e. The van der Waals surface area contributed by atoms with E-state index >= 15 is 0 Å². The third kappa shape index (κ3) is 4.81. The quantitative estimate of drug-likeness (QED) is 0.405. The van der Waals surface area contributed by atoms with Gasteiger partial charge in [0.15, 0.2) is 0 Å². The molecule has 0 saturated heterocycles. The van der Waals surface area contributed by atoms with Gasteiger partial charge in [0.05, 0.1) is 12.0 Å². The summed E-state index contributed by atoms with van der Waals surface area (Å²) in [5.74, 6) is -16.0. The van der Waals surface area contributed by atoms with E-state index in [1.807, 2.05) is 30.3 Å². The number of halogens is 8. The molecular weight excluding hydrogens is 499 g/mol. The highest BCUT2D eigenvalue weighted by molar-refractivity contribution is 6.36. The number of benzene rings is 2. The number of hydrogen-bond donors (Lipinski definition) is 1. The van der Waals surface area contributed by atoms with Crippen LogP contribution in [0.4, 0.5) is 36.4 Å². The van der Waals surface area contributed by atoms with Crippen molar-refractivity contribution in [2.45, 2.75) is 24.4 Å². The Kier molecular flexibility index (Phi) is 6.83. The zero-order valence-corrected chi connectivity index (χ0v) is 17.4. The van der Waals surface area contributed by atoms with Crippen LogP contribution in [0.15, 0.2) is 57.7 Å². The second-order valence-corrected chi connectivity index (χ2v) is 7.31. The zero-order valence-electron chi connectivity index (χ0n) is 16.7. The van der Waals surface area contributed by atoms with Gasteiger partial charge in [-0.2, -0.15) is 30.7 Å². The van der Waals surface area contributed by atoms with Gasteiger partial charge in [0.25, 0.3) is 0 Å². The highest BCUT2D eigenvalue weighted by Gasteiger charge is 2.76. The number of alkyl halides is 7. The van der Waals surface area contributed by atoms with E-state index in [0.717, 1.165) is 23.8 Å². The first kappa shape index (κ1) is 25.3. The number of nitrogens with one attached hydrogen (secondary N) is 1. The lowest BCUT2D eigenvalue weighted by Gasteiger charge is -2.27. The highest BCUT2D eigenvalue weighted by Crippen LogP contribution is 2.47. The topological polar surface area (TPSA) is 68.5 Å². The predicted molar refractivity (Wildman–Crippen MR) is 108 cm³/mol. The lowest BCUT2D eigenvalue weighted by molar-refractivity contribution is -0.343. The summed E-state index contributed by atoms with van der Waals surface area (Å²) in [6.07, 6.45) is -6.23. The van der Waals surface area contributed by atoms with Gasteiger partial charge >= 0.3 is 35.5 Å². The van der Waals surface area contributed by atoms with Crippen LogP contribution >= 0.6 is 11.6 Å². The molecule has 0 unspecified atom stereocenters. The van der Waals surface area contributed by atoms with Gasteiger partial charge in [-0.15, -0.1) is 0 Å². The van der Waals surface area contributed by atoms with Crippen LogP contribution in [-0.2, 0) is 11.2 Å². The van der Waals surface area contributed by atoms with Crippen molar-refractivity contribution in [3.8, 4) is 5.95 Å². The van der Waals surface area contributed by atoms with E-state index in [1.165, 1.54) is 5.32 Å². The van der Waals surface area contributed by atoms with Crippen LogP contribution in [0.5, 0.6) is 5.95 Å². The summed E-state index contributed by atoms with van der Waals surface area (Å²) in [5, 5.41) is 0.684. The average Bonchev–Trinajstić information content (AvgIpc) is 2.77. The van der Waals surface area contributed by atoms with Crippen molar-refractivity contribution >= 4 is 34.0 Å². The molecule has 0 aliphatic rings. The summed E-state index contributed by atoms with van der Waals surface area (Å²) in [5.41, 5.74) is -0.830. The van der Waals surface area contributed by atoms with E-state index in [1.54, 1.807) is 0 Å². The maximum absolute atomic E-state index is 13.5. The fourth-order valence-corrected chi connectivity index (χ4v) is 3.06. The molecule has 34 heavy (non-hydrogen) atoms. The third-order valence-corrected chi connectivity index (χ3v) is 4.96. The molecule has 0 saturated carbocycles. The molecule has 0 atom stereocenters.